The zero-order chi connectivity index (χ0) is 19.6. The third kappa shape index (κ3) is 7.35. The summed E-state index contributed by atoms with van der Waals surface area (Å²) in [5, 5.41) is 9.35. The average Bonchev–Trinajstić information content (AvgIpc) is 2.70. The lowest BCUT2D eigenvalue weighted by Gasteiger charge is -2.14. The second-order valence-electron chi connectivity index (χ2n) is 6.20. The summed E-state index contributed by atoms with van der Waals surface area (Å²) in [7, 11) is 3.41. The molecule has 0 aliphatic heterocycles. The first-order valence-corrected chi connectivity index (χ1v) is 10.2. The first-order valence-electron chi connectivity index (χ1n) is 8.96. The smallest absolute Gasteiger partial charge is 0.251 e. The van der Waals surface area contributed by atoms with Crippen LogP contribution in [-0.4, -0.2) is 38.8 Å². The molecule has 2 aromatic rings. The first-order chi connectivity index (χ1) is 13.1. The van der Waals surface area contributed by atoms with Crippen molar-refractivity contribution in [1.29, 1.82) is 0 Å². The highest BCUT2D eigenvalue weighted by Crippen LogP contribution is 2.21. The molecule has 0 radical (unpaired) electrons. The molecule has 0 aliphatic rings. The maximum absolute atomic E-state index is 11.7. The van der Waals surface area contributed by atoms with Gasteiger partial charge in [-0.15, -0.1) is 35.7 Å². The summed E-state index contributed by atoms with van der Waals surface area (Å²) < 4.78 is 0. The van der Waals surface area contributed by atoms with E-state index in [9.17, 15) is 4.79 Å². The van der Waals surface area contributed by atoms with Crippen LogP contribution in [-0.2, 0) is 13.0 Å². The lowest BCUT2D eigenvalue weighted by atomic mass is 10.1. The van der Waals surface area contributed by atoms with E-state index in [4.69, 9.17) is 0 Å². The lowest BCUT2D eigenvalue weighted by Crippen LogP contribution is -2.38. The van der Waals surface area contributed by atoms with Crippen molar-refractivity contribution in [3.05, 3.63) is 64.7 Å². The Morgan fingerprint density at radius 2 is 1.93 bits per heavy atom. The fraction of sp³-hybridized carbons (Fsp3) is 0.333. The fourth-order valence-electron chi connectivity index (χ4n) is 2.74. The molecule has 0 unspecified atom stereocenters. The molecule has 0 saturated carbocycles. The van der Waals surface area contributed by atoms with Gasteiger partial charge >= 0.3 is 0 Å². The standard InChI is InChI=1S/C21H28N4OS.HI/c1-15-8-9-18(19(12-15)27-4)14-25-21(23-3)24-11-10-16-6-5-7-17(13-16)20(26)22-2;/h5-9,12-13H,10-11,14H2,1-4H3,(H,22,26)(H2,23,24,25);1H. The van der Waals surface area contributed by atoms with Gasteiger partial charge in [0.05, 0.1) is 0 Å². The number of carbonyl (C=O) groups excluding carboxylic acids is 1. The average molecular weight is 512 g/mol. The summed E-state index contributed by atoms with van der Waals surface area (Å²) in [6, 6.07) is 14.2. The van der Waals surface area contributed by atoms with Gasteiger partial charge in [0.2, 0.25) is 0 Å². The van der Waals surface area contributed by atoms with E-state index in [0.29, 0.717) is 5.56 Å². The SMILES string of the molecule is CN=C(NCCc1cccc(C(=O)NC)c1)NCc1ccc(C)cc1SC.I. The van der Waals surface area contributed by atoms with Crippen LogP contribution in [0.5, 0.6) is 0 Å². The predicted molar refractivity (Wildman–Crippen MR) is 130 cm³/mol. The minimum atomic E-state index is -0.0648. The number of guanidine groups is 1. The van der Waals surface area contributed by atoms with Gasteiger partial charge in [0.1, 0.15) is 0 Å². The maximum Gasteiger partial charge on any atom is 0.251 e. The Hall–Kier alpha value is -1.74. The van der Waals surface area contributed by atoms with E-state index < -0.39 is 0 Å². The Morgan fingerprint density at radius 1 is 1.14 bits per heavy atom. The van der Waals surface area contributed by atoms with E-state index in [0.717, 1.165) is 31.0 Å². The van der Waals surface area contributed by atoms with Crippen molar-refractivity contribution in [3.63, 3.8) is 0 Å². The predicted octanol–water partition coefficient (Wildman–Crippen LogP) is 3.60. The Kier molecular flexibility index (Phi) is 11.0. The molecular formula is C21H29IN4OS. The third-order valence-electron chi connectivity index (χ3n) is 4.23. The molecule has 5 nitrogen and oxygen atoms in total. The minimum Gasteiger partial charge on any atom is -0.356 e. The van der Waals surface area contributed by atoms with E-state index in [-0.39, 0.29) is 29.9 Å². The van der Waals surface area contributed by atoms with Crippen LogP contribution in [0.1, 0.15) is 27.0 Å². The number of aryl methyl sites for hydroxylation is 1. The molecular weight excluding hydrogens is 483 g/mol. The molecule has 0 aliphatic carbocycles. The van der Waals surface area contributed by atoms with E-state index >= 15 is 0 Å². The molecule has 0 spiro atoms. The second-order valence-corrected chi connectivity index (χ2v) is 7.05. The molecule has 28 heavy (non-hydrogen) atoms. The van der Waals surface area contributed by atoms with Gasteiger partial charge in [0.25, 0.3) is 5.91 Å². The second kappa shape index (κ2) is 12.7. The van der Waals surface area contributed by atoms with E-state index in [1.807, 2.05) is 24.3 Å². The van der Waals surface area contributed by atoms with Crippen molar-refractivity contribution < 1.29 is 4.79 Å². The van der Waals surface area contributed by atoms with Crippen LogP contribution in [0.3, 0.4) is 0 Å². The summed E-state index contributed by atoms with van der Waals surface area (Å²) in [6.07, 6.45) is 2.91. The zero-order valence-electron chi connectivity index (χ0n) is 16.8. The van der Waals surface area contributed by atoms with Crippen molar-refractivity contribution in [3.8, 4) is 0 Å². The van der Waals surface area contributed by atoms with Crippen LogP contribution in [0.2, 0.25) is 0 Å². The molecule has 7 heteroatoms. The summed E-state index contributed by atoms with van der Waals surface area (Å²) in [5.41, 5.74) is 4.32. The number of hydrogen-bond donors (Lipinski definition) is 3. The van der Waals surface area contributed by atoms with Gasteiger partial charge in [-0.3, -0.25) is 9.79 Å². The minimum absolute atomic E-state index is 0. The van der Waals surface area contributed by atoms with Crippen LogP contribution in [0, 0.1) is 6.92 Å². The molecule has 2 aromatic carbocycles. The summed E-state index contributed by atoms with van der Waals surface area (Å²) in [4.78, 5) is 17.3. The fourth-order valence-corrected chi connectivity index (χ4v) is 3.44. The number of amides is 1. The van der Waals surface area contributed by atoms with Crippen molar-refractivity contribution in [2.24, 2.45) is 4.99 Å². The van der Waals surface area contributed by atoms with Crippen LogP contribution < -0.4 is 16.0 Å². The van der Waals surface area contributed by atoms with E-state index in [1.165, 1.54) is 16.0 Å². The monoisotopic (exact) mass is 512 g/mol. The van der Waals surface area contributed by atoms with Crippen molar-refractivity contribution in [1.82, 2.24) is 16.0 Å². The van der Waals surface area contributed by atoms with Gasteiger partial charge < -0.3 is 16.0 Å². The van der Waals surface area contributed by atoms with Crippen LogP contribution in [0.4, 0.5) is 0 Å². The van der Waals surface area contributed by atoms with Crippen molar-refractivity contribution in [2.45, 2.75) is 24.8 Å². The van der Waals surface area contributed by atoms with Crippen LogP contribution in [0.15, 0.2) is 52.4 Å². The topological polar surface area (TPSA) is 65.5 Å². The molecule has 0 bridgehead atoms. The molecule has 0 fully saturated rings. The van der Waals surface area contributed by atoms with Gasteiger partial charge in [-0.1, -0.05) is 24.3 Å². The number of aliphatic imine (C=N–C) groups is 1. The van der Waals surface area contributed by atoms with E-state index in [2.05, 4.69) is 52.3 Å². The zero-order valence-corrected chi connectivity index (χ0v) is 20.0. The number of nitrogens with zero attached hydrogens (tertiary/aromatic N) is 1. The number of benzene rings is 2. The Balaban J connectivity index is 0.00000392. The largest absolute Gasteiger partial charge is 0.356 e. The number of hydrogen-bond acceptors (Lipinski definition) is 3. The molecule has 2 rings (SSSR count). The molecule has 152 valence electrons. The lowest BCUT2D eigenvalue weighted by molar-refractivity contribution is 0.0963. The Bertz CT molecular complexity index is 811. The van der Waals surface area contributed by atoms with Gasteiger partial charge in [-0.2, -0.15) is 0 Å². The molecule has 0 aromatic heterocycles. The third-order valence-corrected chi connectivity index (χ3v) is 5.05. The molecule has 0 atom stereocenters. The highest BCUT2D eigenvalue weighted by molar-refractivity contribution is 14.0. The Labute approximate surface area is 189 Å². The number of nitrogens with one attached hydrogen (secondary N) is 3. The van der Waals surface area contributed by atoms with E-state index in [1.54, 1.807) is 25.9 Å². The normalized spacial score (nSPS) is 10.8. The maximum atomic E-state index is 11.7. The highest BCUT2D eigenvalue weighted by Gasteiger charge is 2.05. The Morgan fingerprint density at radius 3 is 2.61 bits per heavy atom. The molecule has 3 N–H and O–H groups in total. The quantitative estimate of drug-likeness (QED) is 0.230. The number of halogens is 1. The summed E-state index contributed by atoms with van der Waals surface area (Å²) in [5.74, 6) is 0.704. The van der Waals surface area contributed by atoms with Crippen LogP contribution in [0.25, 0.3) is 0 Å². The number of carbonyl (C=O) groups is 1. The summed E-state index contributed by atoms with van der Waals surface area (Å²) in [6.45, 7) is 3.57. The molecule has 0 saturated heterocycles. The van der Waals surface area contributed by atoms with Gasteiger partial charge in [0, 0.05) is 37.6 Å². The number of thioether (sulfide) groups is 1. The van der Waals surface area contributed by atoms with Gasteiger partial charge in [0.15, 0.2) is 5.96 Å². The van der Waals surface area contributed by atoms with Crippen LogP contribution >= 0.6 is 35.7 Å². The molecule has 1 amide bonds. The van der Waals surface area contributed by atoms with Crippen molar-refractivity contribution in [2.75, 3.05) is 26.9 Å². The molecule has 0 heterocycles. The van der Waals surface area contributed by atoms with Gasteiger partial charge in [-0.25, -0.2) is 0 Å². The van der Waals surface area contributed by atoms with Crippen molar-refractivity contribution >= 4 is 47.6 Å². The highest BCUT2D eigenvalue weighted by atomic mass is 127. The number of rotatable bonds is 7. The first kappa shape index (κ1) is 24.3. The summed E-state index contributed by atoms with van der Waals surface area (Å²) >= 11 is 1.76. The van der Waals surface area contributed by atoms with Gasteiger partial charge in [-0.05, 0) is 54.5 Å².